The molecule has 0 aromatic rings. The summed E-state index contributed by atoms with van der Waals surface area (Å²) in [6.07, 6.45) is 30.3. The Morgan fingerprint density at radius 1 is 0.429 bits per heavy atom. The molecule has 0 aliphatic heterocycles. The molecule has 1 unspecified atom stereocenters. The van der Waals surface area contributed by atoms with E-state index in [4.69, 9.17) is 0 Å². The van der Waals surface area contributed by atoms with Gasteiger partial charge in [-0.2, -0.15) is 0 Å². The topological polar surface area (TPSA) is 3.24 Å². The largest absolute Gasteiger partial charge is 0.306 e. The molecule has 2 heteroatoms. The Labute approximate surface area is 190 Å². The first-order valence-electron chi connectivity index (χ1n) is 12.9. The van der Waals surface area contributed by atoms with Gasteiger partial charge in [0.2, 0.25) is 0 Å². The summed E-state index contributed by atoms with van der Waals surface area (Å²) < 4.78 is 0. The fourth-order valence-electron chi connectivity index (χ4n) is 4.22. The minimum Gasteiger partial charge on any atom is -0.306 e. The van der Waals surface area contributed by atoms with Crippen LogP contribution in [0.1, 0.15) is 149 Å². The van der Waals surface area contributed by atoms with Crippen LogP contribution in [0, 0.1) is 0 Å². The van der Waals surface area contributed by atoms with Crippen molar-refractivity contribution in [3.05, 3.63) is 0 Å². The monoisotopic (exact) mass is 461 g/mol. The summed E-state index contributed by atoms with van der Waals surface area (Å²) in [6.45, 7) is 4.60. The molecule has 0 radical (unpaired) electrons. The first-order valence-corrected chi connectivity index (χ1v) is 12.9. The molecular formula is C26H56BrN. The average Bonchev–Trinajstić information content (AvgIpc) is 2.66. The molecular weight excluding hydrogens is 406 g/mol. The molecule has 0 spiro atoms. The number of halogens is 1. The van der Waals surface area contributed by atoms with Crippen LogP contribution in [0.3, 0.4) is 0 Å². The van der Waals surface area contributed by atoms with Crippen molar-refractivity contribution in [2.45, 2.75) is 155 Å². The lowest BCUT2D eigenvalue weighted by Crippen LogP contribution is -2.27. The molecule has 0 saturated heterocycles. The molecule has 0 rings (SSSR count). The Hall–Kier alpha value is 0.440. The van der Waals surface area contributed by atoms with E-state index in [0.717, 1.165) is 6.04 Å². The van der Waals surface area contributed by atoms with Crippen molar-refractivity contribution in [2.75, 3.05) is 14.1 Å². The maximum absolute atomic E-state index is 2.48. The number of unbranched alkanes of at least 4 members (excludes halogenated alkanes) is 17. The van der Waals surface area contributed by atoms with E-state index < -0.39 is 0 Å². The molecule has 1 nitrogen and oxygen atoms in total. The Morgan fingerprint density at radius 3 is 0.929 bits per heavy atom. The molecule has 1 atom stereocenters. The van der Waals surface area contributed by atoms with Crippen LogP contribution >= 0.6 is 17.0 Å². The van der Waals surface area contributed by atoms with Gasteiger partial charge in [-0.15, -0.1) is 17.0 Å². The standard InChI is InChI=1S/C26H55N.BrH/c1-5-7-9-11-13-15-17-19-21-23-25-26(27(3)4)24-22-20-18-16-14-12-10-8-6-2;/h26H,5-25H2,1-4H3;1H. The Balaban J connectivity index is 0. The van der Waals surface area contributed by atoms with E-state index in [1.807, 2.05) is 0 Å². The molecule has 0 aromatic carbocycles. The molecule has 0 N–H and O–H groups in total. The minimum atomic E-state index is 0. The van der Waals surface area contributed by atoms with Gasteiger partial charge in [0.05, 0.1) is 0 Å². The summed E-state index contributed by atoms with van der Waals surface area (Å²) in [5, 5.41) is 0. The van der Waals surface area contributed by atoms with E-state index in [1.165, 1.54) is 135 Å². The fraction of sp³-hybridized carbons (Fsp3) is 1.00. The normalized spacial score (nSPS) is 12.3. The van der Waals surface area contributed by atoms with Gasteiger partial charge in [0.1, 0.15) is 0 Å². The lowest BCUT2D eigenvalue weighted by atomic mass is 9.99. The lowest BCUT2D eigenvalue weighted by Gasteiger charge is -2.24. The number of rotatable bonds is 22. The number of hydrogen-bond donors (Lipinski definition) is 0. The first-order chi connectivity index (χ1) is 13.2. The van der Waals surface area contributed by atoms with Gasteiger partial charge in [0, 0.05) is 6.04 Å². The minimum absolute atomic E-state index is 0. The van der Waals surface area contributed by atoms with Crippen molar-refractivity contribution in [2.24, 2.45) is 0 Å². The van der Waals surface area contributed by atoms with E-state index in [0.29, 0.717) is 0 Å². The molecule has 0 aromatic heterocycles. The maximum atomic E-state index is 2.48. The Bertz CT molecular complexity index is 267. The highest BCUT2D eigenvalue weighted by atomic mass is 79.9. The van der Waals surface area contributed by atoms with E-state index in [2.05, 4.69) is 32.8 Å². The zero-order valence-electron chi connectivity index (χ0n) is 20.3. The average molecular weight is 463 g/mol. The third-order valence-corrected chi connectivity index (χ3v) is 6.26. The van der Waals surface area contributed by atoms with Crippen LogP contribution in [-0.2, 0) is 0 Å². The van der Waals surface area contributed by atoms with Gasteiger partial charge in [0.15, 0.2) is 0 Å². The second-order valence-electron chi connectivity index (χ2n) is 9.21. The van der Waals surface area contributed by atoms with E-state index in [9.17, 15) is 0 Å². The molecule has 0 fully saturated rings. The fourth-order valence-corrected chi connectivity index (χ4v) is 4.22. The van der Waals surface area contributed by atoms with Crippen molar-refractivity contribution < 1.29 is 0 Å². The van der Waals surface area contributed by atoms with Crippen LogP contribution in [0.5, 0.6) is 0 Å². The number of nitrogens with zero attached hydrogens (tertiary/aromatic N) is 1. The summed E-state index contributed by atoms with van der Waals surface area (Å²) in [4.78, 5) is 2.48. The third-order valence-electron chi connectivity index (χ3n) is 6.26. The van der Waals surface area contributed by atoms with Gasteiger partial charge in [0.25, 0.3) is 0 Å². The van der Waals surface area contributed by atoms with E-state index in [-0.39, 0.29) is 17.0 Å². The van der Waals surface area contributed by atoms with Crippen LogP contribution in [0.2, 0.25) is 0 Å². The van der Waals surface area contributed by atoms with Crippen molar-refractivity contribution in [3.8, 4) is 0 Å². The molecule has 172 valence electrons. The van der Waals surface area contributed by atoms with Crippen LogP contribution < -0.4 is 0 Å². The van der Waals surface area contributed by atoms with Crippen LogP contribution in [-0.4, -0.2) is 25.0 Å². The van der Waals surface area contributed by atoms with Gasteiger partial charge in [-0.05, 0) is 26.9 Å². The smallest absolute Gasteiger partial charge is 0.00891 e. The summed E-state index contributed by atoms with van der Waals surface area (Å²) in [5.41, 5.74) is 0. The third kappa shape index (κ3) is 22.7. The van der Waals surface area contributed by atoms with Crippen molar-refractivity contribution in [1.82, 2.24) is 4.90 Å². The highest BCUT2D eigenvalue weighted by Gasteiger charge is 2.10. The van der Waals surface area contributed by atoms with Crippen molar-refractivity contribution >= 4 is 17.0 Å². The molecule has 0 saturated carbocycles. The quantitative estimate of drug-likeness (QED) is 0.145. The zero-order chi connectivity index (χ0) is 20.0. The second kappa shape index (κ2) is 25.5. The van der Waals surface area contributed by atoms with Gasteiger partial charge in [-0.25, -0.2) is 0 Å². The van der Waals surface area contributed by atoms with Crippen molar-refractivity contribution in [3.63, 3.8) is 0 Å². The second-order valence-corrected chi connectivity index (χ2v) is 9.21. The van der Waals surface area contributed by atoms with E-state index >= 15 is 0 Å². The van der Waals surface area contributed by atoms with Crippen LogP contribution in [0.15, 0.2) is 0 Å². The van der Waals surface area contributed by atoms with Crippen LogP contribution in [0.25, 0.3) is 0 Å². The maximum Gasteiger partial charge on any atom is 0.00891 e. The predicted octanol–water partition coefficient (Wildman–Crippen LogP) is 9.73. The van der Waals surface area contributed by atoms with Gasteiger partial charge in [-0.1, -0.05) is 136 Å². The zero-order valence-corrected chi connectivity index (χ0v) is 22.0. The summed E-state index contributed by atoms with van der Waals surface area (Å²) in [5.74, 6) is 0. The summed E-state index contributed by atoms with van der Waals surface area (Å²) >= 11 is 0. The Morgan fingerprint density at radius 2 is 0.679 bits per heavy atom. The Kier molecular flexibility index (Phi) is 27.9. The first kappa shape index (κ1) is 30.6. The van der Waals surface area contributed by atoms with E-state index in [1.54, 1.807) is 0 Å². The highest BCUT2D eigenvalue weighted by Crippen LogP contribution is 2.18. The lowest BCUT2D eigenvalue weighted by molar-refractivity contribution is 0.251. The summed E-state index contributed by atoms with van der Waals surface area (Å²) in [7, 11) is 4.57. The predicted molar refractivity (Wildman–Crippen MR) is 136 cm³/mol. The molecule has 0 heterocycles. The van der Waals surface area contributed by atoms with Gasteiger partial charge in [-0.3, -0.25) is 0 Å². The number of hydrogen-bond acceptors (Lipinski definition) is 1. The molecule has 28 heavy (non-hydrogen) atoms. The molecule has 0 amide bonds. The van der Waals surface area contributed by atoms with Gasteiger partial charge >= 0.3 is 0 Å². The van der Waals surface area contributed by atoms with Gasteiger partial charge < -0.3 is 4.90 Å². The SMILES string of the molecule is Br.CCCCCCCCCCCCC(CCCCCCCCCCC)N(C)C. The summed E-state index contributed by atoms with van der Waals surface area (Å²) in [6, 6.07) is 0.823. The molecule has 0 bridgehead atoms. The van der Waals surface area contributed by atoms with Crippen LogP contribution in [0.4, 0.5) is 0 Å². The molecule has 0 aliphatic rings. The highest BCUT2D eigenvalue weighted by molar-refractivity contribution is 8.93. The van der Waals surface area contributed by atoms with Crippen molar-refractivity contribution in [1.29, 1.82) is 0 Å². The molecule has 0 aliphatic carbocycles.